The van der Waals surface area contributed by atoms with E-state index in [1.807, 2.05) is 4.90 Å². The fourth-order valence-corrected chi connectivity index (χ4v) is 4.85. The molecule has 0 spiro atoms. The van der Waals surface area contributed by atoms with Gasteiger partial charge in [0, 0.05) is 72.0 Å². The number of cyclic esters (lactones) is 1. The Bertz CT molecular complexity index is 820. The minimum Gasteiger partial charge on any atom is -0.469 e. The Labute approximate surface area is 225 Å². The third-order valence-electron chi connectivity index (χ3n) is 6.95. The van der Waals surface area contributed by atoms with Gasteiger partial charge in [-0.05, 0) is 33.7 Å². The number of guanidine groups is 1. The maximum Gasteiger partial charge on any atom is 0.414 e. The van der Waals surface area contributed by atoms with E-state index >= 15 is 0 Å². The summed E-state index contributed by atoms with van der Waals surface area (Å²) >= 11 is 0. The molecule has 3 aliphatic rings. The normalized spacial score (nSPS) is 21.8. The molecule has 13 heteroatoms. The summed E-state index contributed by atoms with van der Waals surface area (Å²) in [6.07, 6.45) is 0.304. The van der Waals surface area contributed by atoms with Crippen molar-refractivity contribution in [2.45, 2.75) is 45.3 Å². The van der Waals surface area contributed by atoms with Gasteiger partial charge in [0.15, 0.2) is 0 Å². The maximum atomic E-state index is 12.4. The summed E-state index contributed by atoms with van der Waals surface area (Å²) < 4.78 is 15.6. The van der Waals surface area contributed by atoms with E-state index < -0.39 is 11.7 Å². The van der Waals surface area contributed by atoms with Crippen LogP contribution in [0.15, 0.2) is 0 Å². The fraction of sp³-hybridized carbons (Fsp3) is 0.840. The Morgan fingerprint density at radius 2 is 1.58 bits per heavy atom. The van der Waals surface area contributed by atoms with E-state index in [9.17, 15) is 14.4 Å². The van der Waals surface area contributed by atoms with Crippen molar-refractivity contribution in [3.05, 3.63) is 0 Å². The van der Waals surface area contributed by atoms with Crippen molar-refractivity contribution in [3.8, 4) is 0 Å². The Hall–Kier alpha value is -2.64. The first-order valence-corrected chi connectivity index (χ1v) is 13.6. The molecule has 0 aromatic heterocycles. The van der Waals surface area contributed by atoms with Crippen LogP contribution < -0.4 is 5.32 Å². The first-order valence-electron chi connectivity index (χ1n) is 13.6. The molecule has 3 aliphatic heterocycles. The summed E-state index contributed by atoms with van der Waals surface area (Å²) in [5.74, 6) is -0.117. The highest BCUT2D eigenvalue weighted by molar-refractivity contribution is 5.92. The minimum atomic E-state index is -0.612. The molecule has 0 bridgehead atoms. The zero-order valence-electron chi connectivity index (χ0n) is 23.4. The van der Waals surface area contributed by atoms with Gasteiger partial charge in [0.05, 0.1) is 20.1 Å². The second-order valence-corrected chi connectivity index (χ2v) is 11.1. The molecule has 38 heavy (non-hydrogen) atoms. The molecule has 2 N–H and O–H groups in total. The van der Waals surface area contributed by atoms with Crippen LogP contribution in [0.25, 0.3) is 0 Å². The van der Waals surface area contributed by atoms with Gasteiger partial charge in [-0.1, -0.05) is 0 Å². The molecule has 2 amide bonds. The highest BCUT2D eigenvalue weighted by Crippen LogP contribution is 2.15. The molecule has 13 nitrogen and oxygen atoms in total. The van der Waals surface area contributed by atoms with Crippen LogP contribution in [0, 0.1) is 5.41 Å². The molecule has 0 saturated carbocycles. The average Bonchev–Trinajstić information content (AvgIpc) is 3.21. The number of nitrogens with one attached hydrogen (secondary N) is 2. The number of rotatable bonds is 9. The van der Waals surface area contributed by atoms with Crippen LogP contribution in [0.2, 0.25) is 0 Å². The second kappa shape index (κ2) is 13.9. The minimum absolute atomic E-state index is 0.0624. The largest absolute Gasteiger partial charge is 0.469 e. The van der Waals surface area contributed by atoms with Crippen LogP contribution in [-0.4, -0.2) is 153 Å². The van der Waals surface area contributed by atoms with Crippen LogP contribution in [0.3, 0.4) is 0 Å². The van der Waals surface area contributed by atoms with Crippen LogP contribution >= 0.6 is 0 Å². The third kappa shape index (κ3) is 9.91. The van der Waals surface area contributed by atoms with Crippen LogP contribution in [0.1, 0.15) is 33.6 Å². The lowest BCUT2D eigenvalue weighted by atomic mass is 10.2. The van der Waals surface area contributed by atoms with Gasteiger partial charge in [-0.2, -0.15) is 0 Å². The molecular formula is C25H45N7O6. The highest BCUT2D eigenvalue weighted by Gasteiger charge is 2.33. The third-order valence-corrected chi connectivity index (χ3v) is 6.95. The lowest BCUT2D eigenvalue weighted by Crippen LogP contribution is -2.53. The van der Waals surface area contributed by atoms with E-state index in [2.05, 4.69) is 20.0 Å². The quantitative estimate of drug-likeness (QED) is 0.184. The van der Waals surface area contributed by atoms with Crippen molar-refractivity contribution in [2.24, 2.45) is 0 Å². The van der Waals surface area contributed by atoms with Gasteiger partial charge in [-0.25, -0.2) is 9.59 Å². The summed E-state index contributed by atoms with van der Waals surface area (Å²) in [6.45, 7) is 15.4. The number of hydrogen-bond acceptors (Lipinski definition) is 10. The molecule has 0 aromatic carbocycles. The number of alkyl carbamates (subject to hydrolysis) is 1. The highest BCUT2D eigenvalue weighted by atomic mass is 16.6. The van der Waals surface area contributed by atoms with Gasteiger partial charge >= 0.3 is 18.2 Å². The Morgan fingerprint density at radius 1 is 0.974 bits per heavy atom. The second-order valence-electron chi connectivity index (χ2n) is 11.1. The van der Waals surface area contributed by atoms with Crippen molar-refractivity contribution in [2.75, 3.05) is 92.2 Å². The SMILES string of the molecule is COC(=O)CCN1CCN(CC2CN(CCCN3CCN(C(=N)NC(=O)OC(C)(C)C)CC3)C(=O)O2)CC1. The standard InChI is InChI=1S/C25H45N7O6/c1-25(2,3)38-23(34)27-22(26)31-16-14-28(15-17-31)7-5-8-32-19-20(37-24(32)35)18-30-12-10-29(11-13-30)9-6-21(33)36-4/h20H,5-19H2,1-4H3,(H2,26,27,34). The molecule has 3 rings (SSSR count). The molecule has 1 unspecified atom stereocenters. The Morgan fingerprint density at radius 3 is 2.21 bits per heavy atom. The van der Waals surface area contributed by atoms with Crippen molar-refractivity contribution < 1.29 is 28.6 Å². The molecule has 0 aliphatic carbocycles. The number of hydrogen-bond donors (Lipinski definition) is 2. The lowest BCUT2D eigenvalue weighted by molar-refractivity contribution is -0.141. The molecule has 1 atom stereocenters. The fourth-order valence-electron chi connectivity index (χ4n) is 4.85. The van der Waals surface area contributed by atoms with Gasteiger partial charge in [0.2, 0.25) is 5.96 Å². The predicted molar refractivity (Wildman–Crippen MR) is 141 cm³/mol. The zero-order valence-corrected chi connectivity index (χ0v) is 23.4. The topological polar surface area (TPSA) is 131 Å². The van der Waals surface area contributed by atoms with E-state index in [-0.39, 0.29) is 24.1 Å². The van der Waals surface area contributed by atoms with Crippen molar-refractivity contribution >= 4 is 24.1 Å². The summed E-state index contributed by atoms with van der Waals surface area (Å²) in [5, 5.41) is 10.6. The van der Waals surface area contributed by atoms with Gasteiger partial charge < -0.3 is 28.9 Å². The molecule has 3 fully saturated rings. The number of piperazine rings is 2. The molecular weight excluding hydrogens is 494 g/mol. The van der Waals surface area contributed by atoms with Crippen molar-refractivity contribution in [3.63, 3.8) is 0 Å². The number of esters is 1. The van der Waals surface area contributed by atoms with E-state index in [1.165, 1.54) is 7.11 Å². The number of carbonyl (C=O) groups excluding carboxylic acids is 3. The number of carbonyl (C=O) groups is 3. The van der Waals surface area contributed by atoms with Gasteiger partial charge in [0.25, 0.3) is 0 Å². The predicted octanol–water partition coefficient (Wildman–Crippen LogP) is 0.455. The van der Waals surface area contributed by atoms with Crippen LogP contribution in [0.4, 0.5) is 9.59 Å². The maximum absolute atomic E-state index is 12.4. The van der Waals surface area contributed by atoms with E-state index in [1.54, 1.807) is 25.7 Å². The van der Waals surface area contributed by atoms with Gasteiger partial charge in [-0.3, -0.25) is 25.3 Å². The smallest absolute Gasteiger partial charge is 0.414 e. The summed E-state index contributed by atoms with van der Waals surface area (Å²) in [6, 6.07) is 0. The molecule has 0 radical (unpaired) electrons. The molecule has 216 valence electrons. The molecule has 0 aromatic rings. The number of amides is 2. The first kappa shape index (κ1) is 29.9. The van der Waals surface area contributed by atoms with Gasteiger partial charge in [-0.15, -0.1) is 0 Å². The summed E-state index contributed by atoms with van der Waals surface area (Å²) in [5.41, 5.74) is -0.603. The number of methoxy groups -OCH3 is 1. The lowest BCUT2D eigenvalue weighted by Gasteiger charge is -2.36. The summed E-state index contributed by atoms with van der Waals surface area (Å²) in [7, 11) is 1.41. The average molecular weight is 540 g/mol. The van der Waals surface area contributed by atoms with Crippen molar-refractivity contribution in [1.29, 1.82) is 5.41 Å². The monoisotopic (exact) mass is 539 g/mol. The Kier molecular flexibility index (Phi) is 11.0. The van der Waals surface area contributed by atoms with E-state index in [0.717, 1.165) is 58.8 Å². The van der Waals surface area contributed by atoms with Crippen LogP contribution in [0.5, 0.6) is 0 Å². The van der Waals surface area contributed by atoms with E-state index in [4.69, 9.17) is 19.6 Å². The zero-order chi connectivity index (χ0) is 27.7. The number of ether oxygens (including phenoxy) is 3. The summed E-state index contributed by atoms with van der Waals surface area (Å²) in [4.78, 5) is 46.2. The Balaban J connectivity index is 1.27. The molecule has 3 heterocycles. The van der Waals surface area contributed by atoms with E-state index in [0.29, 0.717) is 39.1 Å². The first-order chi connectivity index (χ1) is 18.0. The van der Waals surface area contributed by atoms with Crippen molar-refractivity contribution in [1.82, 2.24) is 29.8 Å². The van der Waals surface area contributed by atoms with Crippen LogP contribution in [-0.2, 0) is 19.0 Å². The van der Waals surface area contributed by atoms with Gasteiger partial charge in [0.1, 0.15) is 11.7 Å². The molecule has 3 saturated heterocycles. The number of nitrogens with zero attached hydrogens (tertiary/aromatic N) is 5.